The van der Waals surface area contributed by atoms with Crippen molar-refractivity contribution in [1.29, 1.82) is 0 Å². The van der Waals surface area contributed by atoms with Gasteiger partial charge in [0.15, 0.2) is 0 Å². The first-order valence-electron chi connectivity index (χ1n) is 10.5. The van der Waals surface area contributed by atoms with E-state index in [9.17, 15) is 15.3 Å². The van der Waals surface area contributed by atoms with Crippen molar-refractivity contribution < 1.29 is 15.3 Å². The zero-order valence-corrected chi connectivity index (χ0v) is 17.6. The van der Waals surface area contributed by atoms with Gasteiger partial charge in [0.25, 0.3) is 0 Å². The monoisotopic (exact) mass is 402 g/mol. The van der Waals surface area contributed by atoms with Crippen LogP contribution < -0.4 is 0 Å². The van der Waals surface area contributed by atoms with Crippen molar-refractivity contribution in [2.45, 2.75) is 44.9 Å². The average molecular weight is 403 g/mol. The van der Waals surface area contributed by atoms with Gasteiger partial charge < -0.3 is 15.3 Å². The van der Waals surface area contributed by atoms with Crippen molar-refractivity contribution in [3.8, 4) is 17.2 Å². The van der Waals surface area contributed by atoms with Crippen LogP contribution in [0.2, 0.25) is 0 Å². The topological polar surface area (TPSA) is 60.7 Å². The van der Waals surface area contributed by atoms with Crippen LogP contribution in [0.1, 0.15) is 61.6 Å². The fraction of sp³-hybridized carbons (Fsp3) is 0.259. The SMILES string of the molecule is CCCC(=CC(CC(C)c1ccc(O)cc1)c1ccc(O)cc1)c1ccc(O)cc1. The highest BCUT2D eigenvalue weighted by atomic mass is 16.3. The molecule has 0 fully saturated rings. The van der Waals surface area contributed by atoms with Crippen LogP contribution in [0.25, 0.3) is 5.57 Å². The first-order valence-corrected chi connectivity index (χ1v) is 10.5. The molecule has 3 heteroatoms. The second-order valence-corrected chi connectivity index (χ2v) is 7.92. The van der Waals surface area contributed by atoms with Gasteiger partial charge in [0.05, 0.1) is 0 Å². The number of phenolic OH excluding ortho intramolecular Hbond substituents is 3. The number of hydrogen-bond donors (Lipinski definition) is 3. The Bertz CT molecular complexity index is 954. The van der Waals surface area contributed by atoms with E-state index in [0.717, 1.165) is 30.4 Å². The van der Waals surface area contributed by atoms with Crippen LogP contribution in [-0.4, -0.2) is 15.3 Å². The van der Waals surface area contributed by atoms with E-state index >= 15 is 0 Å². The summed E-state index contributed by atoms with van der Waals surface area (Å²) in [5, 5.41) is 29.0. The molecular weight excluding hydrogens is 372 g/mol. The van der Waals surface area contributed by atoms with Gasteiger partial charge in [0.1, 0.15) is 17.2 Å². The summed E-state index contributed by atoms with van der Waals surface area (Å²) in [4.78, 5) is 0. The van der Waals surface area contributed by atoms with Gasteiger partial charge in [0, 0.05) is 5.92 Å². The first kappa shape index (κ1) is 21.5. The molecule has 0 saturated heterocycles. The van der Waals surface area contributed by atoms with Gasteiger partial charge in [-0.3, -0.25) is 0 Å². The van der Waals surface area contributed by atoms with E-state index in [1.165, 1.54) is 11.1 Å². The van der Waals surface area contributed by atoms with Gasteiger partial charge >= 0.3 is 0 Å². The summed E-state index contributed by atoms with van der Waals surface area (Å²) >= 11 is 0. The average Bonchev–Trinajstić information content (AvgIpc) is 2.74. The zero-order chi connectivity index (χ0) is 21.5. The molecule has 0 radical (unpaired) electrons. The largest absolute Gasteiger partial charge is 0.508 e. The number of benzene rings is 3. The second kappa shape index (κ2) is 10.0. The lowest BCUT2D eigenvalue weighted by atomic mass is 9.83. The third-order valence-corrected chi connectivity index (χ3v) is 5.55. The van der Waals surface area contributed by atoms with Gasteiger partial charge in [-0.15, -0.1) is 0 Å². The standard InChI is InChI=1S/C27H30O3/c1-3-4-23(21-7-13-26(29)14-8-21)18-24(22-9-15-27(30)16-10-22)17-19(2)20-5-11-25(28)12-6-20/h5-16,18-19,24,28-30H,3-4,17H2,1-2H3. The molecule has 3 nitrogen and oxygen atoms in total. The maximum atomic E-state index is 9.73. The molecule has 30 heavy (non-hydrogen) atoms. The van der Waals surface area contributed by atoms with E-state index in [2.05, 4.69) is 19.9 Å². The van der Waals surface area contributed by atoms with Gasteiger partial charge in [-0.2, -0.15) is 0 Å². The lowest BCUT2D eigenvalue weighted by Crippen LogP contribution is -2.04. The van der Waals surface area contributed by atoms with E-state index < -0.39 is 0 Å². The Hall–Kier alpha value is -3.20. The van der Waals surface area contributed by atoms with Crippen LogP contribution >= 0.6 is 0 Å². The minimum atomic E-state index is 0.171. The Kier molecular flexibility index (Phi) is 7.18. The van der Waals surface area contributed by atoms with E-state index in [1.807, 2.05) is 36.4 Å². The fourth-order valence-electron chi connectivity index (χ4n) is 3.85. The summed E-state index contributed by atoms with van der Waals surface area (Å²) in [6.07, 6.45) is 5.22. The number of aromatic hydroxyl groups is 3. The molecule has 0 aliphatic carbocycles. The van der Waals surface area contributed by atoms with E-state index in [0.29, 0.717) is 5.92 Å². The van der Waals surface area contributed by atoms with Crippen LogP contribution in [0.5, 0.6) is 17.2 Å². The Morgan fingerprint density at radius 2 is 1.20 bits per heavy atom. The lowest BCUT2D eigenvalue weighted by molar-refractivity contribution is 0.474. The Labute approximate surface area is 179 Å². The van der Waals surface area contributed by atoms with Gasteiger partial charge in [-0.25, -0.2) is 0 Å². The molecule has 0 amide bonds. The van der Waals surface area contributed by atoms with E-state index in [1.54, 1.807) is 36.4 Å². The molecule has 0 heterocycles. The van der Waals surface area contributed by atoms with E-state index in [-0.39, 0.29) is 23.2 Å². The quantitative estimate of drug-likeness (QED) is 0.381. The van der Waals surface area contributed by atoms with Crippen molar-refractivity contribution in [2.24, 2.45) is 0 Å². The zero-order valence-electron chi connectivity index (χ0n) is 17.6. The van der Waals surface area contributed by atoms with Crippen LogP contribution in [0.3, 0.4) is 0 Å². The summed E-state index contributed by atoms with van der Waals surface area (Å²) in [6.45, 7) is 4.37. The molecule has 3 aromatic carbocycles. The van der Waals surface area contributed by atoms with Crippen molar-refractivity contribution in [1.82, 2.24) is 0 Å². The minimum Gasteiger partial charge on any atom is -0.508 e. The van der Waals surface area contributed by atoms with Crippen molar-refractivity contribution in [2.75, 3.05) is 0 Å². The highest BCUT2D eigenvalue weighted by molar-refractivity contribution is 5.67. The minimum absolute atomic E-state index is 0.171. The normalized spacial score (nSPS) is 13.7. The molecule has 3 rings (SSSR count). The highest BCUT2D eigenvalue weighted by Crippen LogP contribution is 2.35. The Morgan fingerprint density at radius 3 is 1.70 bits per heavy atom. The molecule has 0 spiro atoms. The third kappa shape index (κ3) is 5.66. The van der Waals surface area contributed by atoms with Crippen LogP contribution in [0.4, 0.5) is 0 Å². The lowest BCUT2D eigenvalue weighted by Gasteiger charge is -2.21. The van der Waals surface area contributed by atoms with Crippen LogP contribution in [0.15, 0.2) is 78.9 Å². The summed E-state index contributed by atoms with van der Waals surface area (Å²) in [5.74, 6) is 1.28. The molecule has 3 aromatic rings. The number of hydrogen-bond acceptors (Lipinski definition) is 3. The van der Waals surface area contributed by atoms with Crippen molar-refractivity contribution in [3.05, 3.63) is 95.6 Å². The Morgan fingerprint density at radius 1 is 0.733 bits per heavy atom. The third-order valence-electron chi connectivity index (χ3n) is 5.55. The molecule has 0 aliphatic rings. The fourth-order valence-corrected chi connectivity index (χ4v) is 3.85. The van der Waals surface area contributed by atoms with Gasteiger partial charge in [-0.05, 0) is 77.4 Å². The molecule has 156 valence electrons. The predicted molar refractivity (Wildman–Crippen MR) is 123 cm³/mol. The summed E-state index contributed by atoms with van der Waals surface area (Å²) in [5.41, 5.74) is 4.72. The molecule has 3 N–H and O–H groups in total. The van der Waals surface area contributed by atoms with Gasteiger partial charge in [-0.1, -0.05) is 62.7 Å². The summed E-state index contributed by atoms with van der Waals surface area (Å²) in [6, 6.07) is 22.3. The molecule has 2 atom stereocenters. The first-order chi connectivity index (χ1) is 14.5. The van der Waals surface area contributed by atoms with Crippen molar-refractivity contribution in [3.63, 3.8) is 0 Å². The van der Waals surface area contributed by atoms with E-state index in [4.69, 9.17) is 0 Å². The van der Waals surface area contributed by atoms with Crippen molar-refractivity contribution >= 4 is 5.57 Å². The smallest absolute Gasteiger partial charge is 0.115 e. The molecule has 0 bridgehead atoms. The molecular formula is C27H30O3. The maximum Gasteiger partial charge on any atom is 0.115 e. The van der Waals surface area contributed by atoms with Gasteiger partial charge in [0.2, 0.25) is 0 Å². The maximum absolute atomic E-state index is 9.73. The molecule has 2 unspecified atom stereocenters. The predicted octanol–water partition coefficient (Wildman–Crippen LogP) is 6.96. The number of rotatable bonds is 8. The van der Waals surface area contributed by atoms with Crippen LogP contribution in [0, 0.1) is 0 Å². The molecule has 0 saturated carbocycles. The highest BCUT2D eigenvalue weighted by Gasteiger charge is 2.17. The Balaban J connectivity index is 1.96. The number of phenols is 3. The second-order valence-electron chi connectivity index (χ2n) is 7.92. The molecule has 0 aromatic heterocycles. The summed E-state index contributed by atoms with van der Waals surface area (Å²) in [7, 11) is 0. The summed E-state index contributed by atoms with van der Waals surface area (Å²) < 4.78 is 0. The van der Waals surface area contributed by atoms with Crippen LogP contribution in [-0.2, 0) is 0 Å². The number of allylic oxidation sites excluding steroid dienone is 2. The molecule has 0 aliphatic heterocycles.